The van der Waals surface area contributed by atoms with Crippen molar-refractivity contribution in [1.29, 1.82) is 0 Å². The molecule has 3 heteroatoms. The average molecular weight is 240 g/mol. The zero-order valence-electron chi connectivity index (χ0n) is 10.2. The average Bonchev–Trinajstić information content (AvgIpc) is 2.45. The molecule has 18 heavy (non-hydrogen) atoms. The number of piperidine rings is 2. The molecule has 2 aromatic rings. The number of ether oxygens (including phenoxy) is 1. The first-order valence-corrected chi connectivity index (χ1v) is 6.63. The lowest BCUT2D eigenvalue weighted by atomic mass is 9.69. The number of nitrogens with one attached hydrogen (secondary N) is 1. The maximum Gasteiger partial charge on any atom is 0.221 e. The summed E-state index contributed by atoms with van der Waals surface area (Å²) in [6, 6.07) is 10.3. The normalized spacial score (nSPS) is 29.9. The van der Waals surface area contributed by atoms with Gasteiger partial charge in [-0.2, -0.15) is 0 Å². The quantitative estimate of drug-likeness (QED) is 0.874. The van der Waals surface area contributed by atoms with E-state index in [0.29, 0.717) is 17.9 Å². The standard InChI is InChI=1S/C15H16N2O/c1-2-4-13-10(3-1)5-6-17-15(13)18-14-11-7-12(14)9-16-8-11/h1-6,11-12,14,16H,7-9H2/t11-,12+,14?. The molecule has 1 aromatic carbocycles. The van der Waals surface area contributed by atoms with E-state index in [1.54, 1.807) is 0 Å². The summed E-state index contributed by atoms with van der Waals surface area (Å²) in [6.07, 6.45) is 3.51. The van der Waals surface area contributed by atoms with Gasteiger partial charge in [0.2, 0.25) is 5.88 Å². The van der Waals surface area contributed by atoms with Gasteiger partial charge < -0.3 is 10.1 Å². The molecule has 1 saturated heterocycles. The van der Waals surface area contributed by atoms with E-state index < -0.39 is 0 Å². The third-order valence-electron chi connectivity index (χ3n) is 4.23. The Morgan fingerprint density at radius 3 is 2.78 bits per heavy atom. The van der Waals surface area contributed by atoms with E-state index >= 15 is 0 Å². The molecule has 2 aliphatic rings. The van der Waals surface area contributed by atoms with Gasteiger partial charge in [0.1, 0.15) is 6.10 Å². The van der Waals surface area contributed by atoms with E-state index in [-0.39, 0.29) is 0 Å². The number of hydrogen-bond acceptors (Lipinski definition) is 3. The van der Waals surface area contributed by atoms with Crippen LogP contribution in [0.15, 0.2) is 36.5 Å². The number of fused-ring (bicyclic) bond motifs is 3. The molecule has 1 unspecified atom stereocenters. The highest BCUT2D eigenvalue weighted by molar-refractivity contribution is 5.86. The molecule has 3 nitrogen and oxygen atoms in total. The first-order chi connectivity index (χ1) is 8.92. The predicted octanol–water partition coefficient (Wildman–Crippen LogP) is 2.22. The van der Waals surface area contributed by atoms with Crippen molar-refractivity contribution in [2.75, 3.05) is 13.1 Å². The Morgan fingerprint density at radius 1 is 1.11 bits per heavy atom. The second-order valence-electron chi connectivity index (χ2n) is 5.33. The predicted molar refractivity (Wildman–Crippen MR) is 70.6 cm³/mol. The maximum atomic E-state index is 6.18. The van der Waals surface area contributed by atoms with Gasteiger partial charge in [0.15, 0.2) is 0 Å². The van der Waals surface area contributed by atoms with Crippen LogP contribution in [0.5, 0.6) is 5.88 Å². The number of nitrogens with zero attached hydrogens (tertiary/aromatic N) is 1. The lowest BCUT2D eigenvalue weighted by molar-refractivity contribution is -0.0460. The second-order valence-corrected chi connectivity index (χ2v) is 5.33. The van der Waals surface area contributed by atoms with Gasteiger partial charge in [-0.3, -0.25) is 0 Å². The summed E-state index contributed by atoms with van der Waals surface area (Å²) in [6.45, 7) is 2.18. The Hall–Kier alpha value is -1.61. The van der Waals surface area contributed by atoms with Crippen LogP contribution in [-0.4, -0.2) is 24.2 Å². The highest BCUT2D eigenvalue weighted by atomic mass is 16.5. The zero-order valence-corrected chi connectivity index (χ0v) is 10.2. The van der Waals surface area contributed by atoms with Gasteiger partial charge in [-0.1, -0.05) is 18.2 Å². The van der Waals surface area contributed by atoms with Crippen LogP contribution in [0.2, 0.25) is 0 Å². The monoisotopic (exact) mass is 240 g/mol. The highest BCUT2D eigenvalue weighted by Crippen LogP contribution is 2.40. The van der Waals surface area contributed by atoms with Crippen LogP contribution in [0.1, 0.15) is 6.42 Å². The fourth-order valence-corrected chi connectivity index (χ4v) is 3.21. The van der Waals surface area contributed by atoms with E-state index in [2.05, 4.69) is 22.4 Å². The topological polar surface area (TPSA) is 34.1 Å². The molecular weight excluding hydrogens is 224 g/mol. The molecule has 2 fully saturated rings. The Kier molecular flexibility index (Phi) is 2.27. The van der Waals surface area contributed by atoms with Crippen LogP contribution >= 0.6 is 0 Å². The third-order valence-corrected chi connectivity index (χ3v) is 4.23. The molecule has 1 saturated carbocycles. The Balaban J connectivity index is 1.67. The highest BCUT2D eigenvalue weighted by Gasteiger charge is 2.45. The van der Waals surface area contributed by atoms with E-state index in [1.807, 2.05) is 24.4 Å². The molecule has 1 aliphatic carbocycles. The summed E-state index contributed by atoms with van der Waals surface area (Å²) >= 11 is 0. The van der Waals surface area contributed by atoms with Crippen LogP contribution < -0.4 is 10.1 Å². The van der Waals surface area contributed by atoms with Crippen LogP contribution in [0.3, 0.4) is 0 Å². The number of pyridine rings is 1. The third kappa shape index (κ3) is 1.51. The van der Waals surface area contributed by atoms with Gasteiger partial charge in [-0.15, -0.1) is 0 Å². The molecule has 0 spiro atoms. The largest absolute Gasteiger partial charge is 0.473 e. The van der Waals surface area contributed by atoms with Crippen molar-refractivity contribution in [3.8, 4) is 5.88 Å². The SMILES string of the molecule is c1ccc2c(OC3[C@@H]4CNC[C@H]3C4)nccc2c1. The molecule has 2 bridgehead atoms. The molecule has 3 atom stereocenters. The maximum absolute atomic E-state index is 6.18. The van der Waals surface area contributed by atoms with E-state index in [9.17, 15) is 0 Å². The molecule has 0 radical (unpaired) electrons. The molecular formula is C15H16N2O. The molecule has 1 aromatic heterocycles. The molecule has 92 valence electrons. The van der Waals surface area contributed by atoms with Crippen molar-refractivity contribution in [1.82, 2.24) is 10.3 Å². The minimum absolute atomic E-state index is 0.365. The van der Waals surface area contributed by atoms with Gasteiger partial charge in [-0.05, 0) is 23.9 Å². The van der Waals surface area contributed by atoms with Crippen LogP contribution in [0.4, 0.5) is 0 Å². The minimum atomic E-state index is 0.365. The van der Waals surface area contributed by atoms with E-state index in [0.717, 1.165) is 24.4 Å². The Bertz CT molecular complexity index is 564. The number of rotatable bonds is 2. The number of benzene rings is 1. The summed E-state index contributed by atoms with van der Waals surface area (Å²) in [4.78, 5) is 4.41. The lowest BCUT2D eigenvalue weighted by Gasteiger charge is -2.48. The Morgan fingerprint density at radius 2 is 1.94 bits per heavy atom. The summed E-state index contributed by atoms with van der Waals surface area (Å²) in [5.74, 6) is 2.14. The van der Waals surface area contributed by atoms with Gasteiger partial charge in [0.05, 0.1) is 0 Å². The van der Waals surface area contributed by atoms with E-state index in [4.69, 9.17) is 4.74 Å². The first kappa shape index (κ1) is 10.3. The fourth-order valence-electron chi connectivity index (χ4n) is 3.21. The molecule has 2 heterocycles. The summed E-state index contributed by atoms with van der Waals surface area (Å²) in [7, 11) is 0. The Labute approximate surface area is 106 Å². The van der Waals surface area contributed by atoms with Crippen LogP contribution in [-0.2, 0) is 0 Å². The molecule has 1 aliphatic heterocycles. The number of aromatic nitrogens is 1. The van der Waals surface area contributed by atoms with E-state index in [1.165, 1.54) is 11.8 Å². The fraction of sp³-hybridized carbons (Fsp3) is 0.400. The van der Waals surface area contributed by atoms with Gasteiger partial charge in [0, 0.05) is 36.5 Å². The van der Waals surface area contributed by atoms with Crippen molar-refractivity contribution in [2.45, 2.75) is 12.5 Å². The lowest BCUT2D eigenvalue weighted by Crippen LogP contribution is -2.59. The van der Waals surface area contributed by atoms with Crippen molar-refractivity contribution < 1.29 is 4.74 Å². The van der Waals surface area contributed by atoms with Crippen molar-refractivity contribution in [3.05, 3.63) is 36.5 Å². The van der Waals surface area contributed by atoms with Crippen molar-refractivity contribution >= 4 is 10.8 Å². The molecule has 0 amide bonds. The molecule has 4 rings (SSSR count). The summed E-state index contributed by atoms with van der Waals surface area (Å²) in [5, 5.41) is 5.76. The minimum Gasteiger partial charge on any atom is -0.473 e. The first-order valence-electron chi connectivity index (χ1n) is 6.63. The summed E-state index contributed by atoms with van der Waals surface area (Å²) in [5.41, 5.74) is 0. The van der Waals surface area contributed by atoms with Crippen LogP contribution in [0.25, 0.3) is 10.8 Å². The second kappa shape index (κ2) is 3.95. The van der Waals surface area contributed by atoms with Crippen LogP contribution in [0, 0.1) is 11.8 Å². The summed E-state index contributed by atoms with van der Waals surface area (Å²) < 4.78 is 6.18. The zero-order chi connectivity index (χ0) is 11.9. The smallest absolute Gasteiger partial charge is 0.221 e. The molecule has 1 N–H and O–H groups in total. The van der Waals surface area contributed by atoms with Gasteiger partial charge in [0.25, 0.3) is 0 Å². The van der Waals surface area contributed by atoms with Crippen molar-refractivity contribution in [3.63, 3.8) is 0 Å². The van der Waals surface area contributed by atoms with Gasteiger partial charge >= 0.3 is 0 Å². The van der Waals surface area contributed by atoms with Crippen molar-refractivity contribution in [2.24, 2.45) is 11.8 Å². The van der Waals surface area contributed by atoms with Gasteiger partial charge in [-0.25, -0.2) is 4.98 Å². The number of hydrogen-bond donors (Lipinski definition) is 1.